The molecule has 0 fully saturated rings. The lowest BCUT2D eigenvalue weighted by molar-refractivity contribution is -0.164. The Labute approximate surface area is 101 Å². The SMILES string of the molecule is C=C(C)C(=O)OCCOC(=O)C(F)(F)S(=O)(=O)O. The van der Waals surface area contributed by atoms with Crippen LogP contribution in [0.3, 0.4) is 0 Å². The highest BCUT2D eigenvalue weighted by molar-refractivity contribution is 7.87. The second-order valence-electron chi connectivity index (χ2n) is 3.04. The fraction of sp³-hybridized carbons (Fsp3) is 0.500. The Morgan fingerprint density at radius 2 is 1.72 bits per heavy atom. The number of esters is 2. The van der Waals surface area contributed by atoms with E-state index in [1.807, 2.05) is 0 Å². The van der Waals surface area contributed by atoms with Crippen LogP contribution in [0.4, 0.5) is 8.78 Å². The molecule has 0 heterocycles. The highest BCUT2D eigenvalue weighted by atomic mass is 32.2. The van der Waals surface area contributed by atoms with Gasteiger partial charge >= 0.3 is 27.3 Å². The predicted molar refractivity (Wildman–Crippen MR) is 53.2 cm³/mol. The average Bonchev–Trinajstić information content (AvgIpc) is 2.21. The summed E-state index contributed by atoms with van der Waals surface area (Å²) in [4.78, 5) is 21.4. The molecule has 0 aromatic rings. The Morgan fingerprint density at radius 3 is 2.11 bits per heavy atom. The number of carbonyl (C=O) groups excluding carboxylic acids is 2. The van der Waals surface area contributed by atoms with Crippen molar-refractivity contribution in [2.75, 3.05) is 13.2 Å². The third kappa shape index (κ3) is 4.37. The van der Waals surface area contributed by atoms with Crippen LogP contribution in [0.1, 0.15) is 6.92 Å². The minimum atomic E-state index is -5.90. The van der Waals surface area contributed by atoms with Gasteiger partial charge in [-0.1, -0.05) is 6.58 Å². The Morgan fingerprint density at radius 1 is 1.28 bits per heavy atom. The van der Waals surface area contributed by atoms with Crippen molar-refractivity contribution in [3.8, 4) is 0 Å². The van der Waals surface area contributed by atoms with E-state index in [2.05, 4.69) is 16.1 Å². The van der Waals surface area contributed by atoms with Crippen LogP contribution in [0.25, 0.3) is 0 Å². The topological polar surface area (TPSA) is 107 Å². The van der Waals surface area contributed by atoms with Gasteiger partial charge < -0.3 is 9.47 Å². The van der Waals surface area contributed by atoms with Crippen LogP contribution >= 0.6 is 0 Å². The van der Waals surface area contributed by atoms with Crippen molar-refractivity contribution < 1.29 is 40.8 Å². The molecule has 104 valence electrons. The molecule has 0 aliphatic heterocycles. The number of alkyl halides is 2. The zero-order valence-corrected chi connectivity index (χ0v) is 10.00. The van der Waals surface area contributed by atoms with Gasteiger partial charge in [-0.15, -0.1) is 0 Å². The molecule has 1 N–H and O–H groups in total. The molecule has 0 radical (unpaired) electrons. The number of ether oxygens (including phenoxy) is 2. The highest BCUT2D eigenvalue weighted by Crippen LogP contribution is 2.21. The Balaban J connectivity index is 4.22. The van der Waals surface area contributed by atoms with Crippen molar-refractivity contribution in [3.63, 3.8) is 0 Å². The molecule has 10 heteroatoms. The molecular weight excluding hydrogens is 278 g/mol. The summed E-state index contributed by atoms with van der Waals surface area (Å²) < 4.78 is 61.7. The van der Waals surface area contributed by atoms with Crippen LogP contribution in [0.15, 0.2) is 12.2 Å². The molecule has 0 unspecified atom stereocenters. The lowest BCUT2D eigenvalue weighted by atomic mass is 10.4. The monoisotopic (exact) mass is 288 g/mol. The first-order chi connectivity index (χ1) is 8.00. The summed E-state index contributed by atoms with van der Waals surface area (Å²) in [6.07, 6.45) is 0. The third-order valence-electron chi connectivity index (χ3n) is 1.46. The Hall–Kier alpha value is -1.55. The van der Waals surface area contributed by atoms with E-state index in [4.69, 9.17) is 4.55 Å². The maximum absolute atomic E-state index is 12.6. The second kappa shape index (κ2) is 5.87. The van der Waals surface area contributed by atoms with Crippen LogP contribution < -0.4 is 0 Å². The maximum atomic E-state index is 12.6. The van der Waals surface area contributed by atoms with Gasteiger partial charge in [0.2, 0.25) is 0 Å². The van der Waals surface area contributed by atoms with Gasteiger partial charge in [-0.05, 0) is 6.92 Å². The van der Waals surface area contributed by atoms with E-state index >= 15 is 0 Å². The van der Waals surface area contributed by atoms with Gasteiger partial charge in [-0.2, -0.15) is 17.2 Å². The van der Waals surface area contributed by atoms with E-state index in [1.165, 1.54) is 6.92 Å². The summed E-state index contributed by atoms with van der Waals surface area (Å²) in [6, 6.07) is 0. The summed E-state index contributed by atoms with van der Waals surface area (Å²) in [5.74, 6) is -3.29. The minimum absolute atomic E-state index is 0.0459. The minimum Gasteiger partial charge on any atom is -0.459 e. The van der Waals surface area contributed by atoms with Gasteiger partial charge in [0, 0.05) is 5.57 Å². The first kappa shape index (κ1) is 16.4. The van der Waals surface area contributed by atoms with Crippen LogP contribution in [0.5, 0.6) is 0 Å². The van der Waals surface area contributed by atoms with Crippen molar-refractivity contribution in [3.05, 3.63) is 12.2 Å². The molecule has 0 aliphatic rings. The normalized spacial score (nSPS) is 11.8. The van der Waals surface area contributed by atoms with E-state index in [1.54, 1.807) is 0 Å². The summed E-state index contributed by atoms with van der Waals surface area (Å²) in [7, 11) is -5.90. The molecule has 0 rings (SSSR count). The standard InChI is InChI=1S/C8H10F2O7S/c1-5(2)6(11)16-3-4-17-7(12)8(9,10)18(13,14)15/h1,3-4H2,2H3,(H,13,14,15). The van der Waals surface area contributed by atoms with E-state index < -0.39 is 40.5 Å². The first-order valence-electron chi connectivity index (χ1n) is 4.35. The molecule has 0 aromatic carbocycles. The molecule has 7 nitrogen and oxygen atoms in total. The fourth-order valence-electron chi connectivity index (χ4n) is 0.581. The zero-order valence-electron chi connectivity index (χ0n) is 9.18. The van der Waals surface area contributed by atoms with E-state index in [9.17, 15) is 26.8 Å². The van der Waals surface area contributed by atoms with Crippen molar-refractivity contribution in [2.45, 2.75) is 12.2 Å². The molecule has 0 atom stereocenters. The second-order valence-corrected chi connectivity index (χ2v) is 4.51. The van der Waals surface area contributed by atoms with Crippen LogP contribution in [0.2, 0.25) is 0 Å². The number of hydrogen-bond donors (Lipinski definition) is 1. The largest absolute Gasteiger partial charge is 0.465 e. The molecular formula is C8H10F2O7S. The van der Waals surface area contributed by atoms with E-state index in [0.717, 1.165) is 0 Å². The molecule has 0 amide bonds. The molecule has 18 heavy (non-hydrogen) atoms. The zero-order chi connectivity index (χ0) is 14.6. The van der Waals surface area contributed by atoms with Crippen LogP contribution in [-0.4, -0.2) is 43.4 Å². The molecule has 0 saturated heterocycles. The molecule has 0 aliphatic carbocycles. The molecule has 0 saturated carbocycles. The maximum Gasteiger partial charge on any atom is 0.465 e. The highest BCUT2D eigenvalue weighted by Gasteiger charge is 2.54. The number of halogens is 2. The summed E-state index contributed by atoms with van der Waals surface area (Å²) in [5.41, 5.74) is 0.0459. The van der Waals surface area contributed by atoms with Gasteiger partial charge in [0.15, 0.2) is 0 Å². The van der Waals surface area contributed by atoms with Gasteiger partial charge in [0.1, 0.15) is 13.2 Å². The summed E-state index contributed by atoms with van der Waals surface area (Å²) in [6.45, 7) is 3.21. The van der Waals surface area contributed by atoms with Crippen molar-refractivity contribution in [1.29, 1.82) is 0 Å². The summed E-state index contributed by atoms with van der Waals surface area (Å²) >= 11 is 0. The van der Waals surface area contributed by atoms with Gasteiger partial charge in [0.05, 0.1) is 0 Å². The smallest absolute Gasteiger partial charge is 0.459 e. The van der Waals surface area contributed by atoms with Crippen LogP contribution in [0, 0.1) is 0 Å². The van der Waals surface area contributed by atoms with Gasteiger partial charge in [-0.3, -0.25) is 4.55 Å². The fourth-order valence-corrected chi connectivity index (χ4v) is 0.851. The summed E-state index contributed by atoms with van der Waals surface area (Å²) in [5, 5.41) is -5.06. The van der Waals surface area contributed by atoms with E-state index in [0.29, 0.717) is 0 Å². The molecule has 0 aromatic heterocycles. The van der Waals surface area contributed by atoms with Crippen molar-refractivity contribution >= 4 is 22.1 Å². The number of hydrogen-bond acceptors (Lipinski definition) is 6. The lowest BCUT2D eigenvalue weighted by Gasteiger charge is -2.11. The van der Waals surface area contributed by atoms with Crippen molar-refractivity contribution in [1.82, 2.24) is 0 Å². The first-order valence-corrected chi connectivity index (χ1v) is 5.79. The third-order valence-corrected chi connectivity index (χ3v) is 2.27. The number of rotatable bonds is 6. The van der Waals surface area contributed by atoms with Crippen molar-refractivity contribution in [2.24, 2.45) is 0 Å². The Kier molecular flexibility index (Phi) is 5.36. The van der Waals surface area contributed by atoms with Gasteiger partial charge in [0.25, 0.3) is 0 Å². The Bertz CT molecular complexity index is 454. The van der Waals surface area contributed by atoms with Gasteiger partial charge in [-0.25, -0.2) is 9.59 Å². The average molecular weight is 288 g/mol. The molecule has 0 bridgehead atoms. The van der Waals surface area contributed by atoms with E-state index in [-0.39, 0.29) is 5.57 Å². The molecule has 0 spiro atoms. The lowest BCUT2D eigenvalue weighted by Crippen LogP contribution is -2.39. The quantitative estimate of drug-likeness (QED) is 0.320. The van der Waals surface area contributed by atoms with Crippen LogP contribution in [-0.2, 0) is 29.2 Å². The predicted octanol–water partition coefficient (Wildman–Crippen LogP) is 0.129. The number of carbonyl (C=O) groups is 2.